The molecule has 0 spiro atoms. The topological polar surface area (TPSA) is 0 Å². The van der Waals surface area contributed by atoms with Gasteiger partial charge in [0.2, 0.25) is 0 Å². The number of hydrogen-bond acceptors (Lipinski definition) is 0. The van der Waals surface area contributed by atoms with Crippen LogP contribution in [0.5, 0.6) is 0 Å². The van der Waals surface area contributed by atoms with E-state index in [-0.39, 0.29) is 0 Å². The minimum Gasteiger partial charge on any atom is -0.0980 e. The molecule has 1 saturated carbocycles. The van der Waals surface area contributed by atoms with Gasteiger partial charge in [-0.05, 0) is 29.9 Å². The van der Waals surface area contributed by atoms with Crippen LogP contribution in [0.15, 0.2) is 72.4 Å². The van der Waals surface area contributed by atoms with Gasteiger partial charge in [0.05, 0.1) is 8.07 Å². The highest BCUT2D eigenvalue weighted by Crippen LogP contribution is 2.48. The van der Waals surface area contributed by atoms with Crippen molar-refractivity contribution in [2.24, 2.45) is 5.92 Å². The predicted octanol–water partition coefficient (Wildman–Crippen LogP) is 5.38. The highest BCUT2D eigenvalue weighted by molar-refractivity contribution is 6.81. The lowest BCUT2D eigenvalue weighted by molar-refractivity contribution is 1.01. The minimum atomic E-state index is -1.28. The SMILES string of the molecule is C[Si](C)(/C=C/C1CC1c1ccccc1)Cc1ccccc1. The number of allylic oxidation sites excluding steroid dienone is 1. The van der Waals surface area contributed by atoms with Crippen molar-refractivity contribution in [1.29, 1.82) is 0 Å². The van der Waals surface area contributed by atoms with E-state index < -0.39 is 8.07 Å². The quantitative estimate of drug-likeness (QED) is 0.649. The van der Waals surface area contributed by atoms with E-state index in [1.54, 1.807) is 0 Å². The third-order valence-corrected chi connectivity index (χ3v) is 6.78. The van der Waals surface area contributed by atoms with Crippen LogP contribution < -0.4 is 0 Å². The van der Waals surface area contributed by atoms with Crippen molar-refractivity contribution in [3.8, 4) is 0 Å². The monoisotopic (exact) mass is 292 g/mol. The molecule has 1 aliphatic rings. The van der Waals surface area contributed by atoms with Crippen LogP contribution in [0.25, 0.3) is 0 Å². The van der Waals surface area contributed by atoms with E-state index in [0.29, 0.717) is 0 Å². The van der Waals surface area contributed by atoms with Gasteiger partial charge in [0, 0.05) is 0 Å². The summed E-state index contributed by atoms with van der Waals surface area (Å²) in [6.07, 6.45) is 3.84. The number of benzene rings is 2. The molecule has 2 aromatic rings. The average Bonchev–Trinajstić information content (AvgIpc) is 3.27. The summed E-state index contributed by atoms with van der Waals surface area (Å²) < 4.78 is 0. The molecule has 0 bridgehead atoms. The average molecular weight is 292 g/mol. The van der Waals surface area contributed by atoms with Crippen LogP contribution in [-0.4, -0.2) is 8.07 Å². The Balaban J connectivity index is 1.59. The molecule has 0 saturated heterocycles. The molecule has 2 unspecified atom stereocenters. The molecule has 21 heavy (non-hydrogen) atoms. The number of rotatable bonds is 5. The summed E-state index contributed by atoms with van der Waals surface area (Å²) in [5, 5.41) is 0. The zero-order valence-corrected chi connectivity index (χ0v) is 14.0. The zero-order valence-electron chi connectivity index (χ0n) is 13.0. The maximum atomic E-state index is 2.56. The first-order valence-electron chi connectivity index (χ1n) is 7.92. The standard InChI is InChI=1S/C20H24Si/c1-21(2,16-17-9-5-3-6-10-17)14-13-19-15-20(19)18-11-7-4-8-12-18/h3-14,19-20H,15-16H2,1-2H3/b14-13+. The van der Waals surface area contributed by atoms with Gasteiger partial charge in [-0.25, -0.2) is 0 Å². The van der Waals surface area contributed by atoms with Crippen LogP contribution in [0.3, 0.4) is 0 Å². The normalized spacial score (nSPS) is 21.6. The van der Waals surface area contributed by atoms with E-state index in [1.807, 2.05) is 0 Å². The largest absolute Gasteiger partial charge is 0.0980 e. The smallest absolute Gasteiger partial charge is 0.0756 e. The van der Waals surface area contributed by atoms with Crippen molar-refractivity contribution < 1.29 is 0 Å². The van der Waals surface area contributed by atoms with Crippen molar-refractivity contribution in [2.45, 2.75) is 31.5 Å². The highest BCUT2D eigenvalue weighted by Gasteiger charge is 2.36. The highest BCUT2D eigenvalue weighted by atomic mass is 28.3. The second-order valence-corrected chi connectivity index (χ2v) is 11.6. The summed E-state index contributed by atoms with van der Waals surface area (Å²) in [5.41, 5.74) is 5.55. The lowest BCUT2D eigenvalue weighted by Gasteiger charge is -2.17. The van der Waals surface area contributed by atoms with Crippen LogP contribution in [0, 0.1) is 5.92 Å². The van der Waals surface area contributed by atoms with E-state index >= 15 is 0 Å². The maximum absolute atomic E-state index is 2.56. The third kappa shape index (κ3) is 3.95. The van der Waals surface area contributed by atoms with E-state index in [0.717, 1.165) is 11.8 Å². The molecule has 0 heterocycles. The van der Waals surface area contributed by atoms with Gasteiger partial charge in [-0.15, -0.1) is 0 Å². The molecular weight excluding hydrogens is 268 g/mol. The second-order valence-electron chi connectivity index (χ2n) is 6.93. The van der Waals surface area contributed by atoms with E-state index in [1.165, 1.54) is 23.6 Å². The summed E-state index contributed by atoms with van der Waals surface area (Å²) in [5.74, 6) is 1.54. The number of hydrogen-bond donors (Lipinski definition) is 0. The minimum absolute atomic E-state index is 0.768. The molecule has 3 rings (SSSR count). The molecule has 1 heteroatoms. The predicted molar refractivity (Wildman–Crippen MR) is 94.1 cm³/mol. The van der Waals surface area contributed by atoms with Crippen molar-refractivity contribution in [3.05, 3.63) is 83.6 Å². The molecule has 0 N–H and O–H groups in total. The summed E-state index contributed by atoms with van der Waals surface area (Å²) >= 11 is 0. The fourth-order valence-electron chi connectivity index (χ4n) is 3.08. The zero-order chi connectivity index (χ0) is 14.7. The van der Waals surface area contributed by atoms with Crippen LogP contribution in [0.4, 0.5) is 0 Å². The third-order valence-electron chi connectivity index (χ3n) is 4.36. The molecule has 0 aliphatic heterocycles. The maximum Gasteiger partial charge on any atom is 0.0756 e. The Morgan fingerprint density at radius 2 is 1.57 bits per heavy atom. The first-order valence-corrected chi connectivity index (χ1v) is 11.2. The summed E-state index contributed by atoms with van der Waals surface area (Å²) in [4.78, 5) is 0. The van der Waals surface area contributed by atoms with E-state index in [4.69, 9.17) is 0 Å². The van der Waals surface area contributed by atoms with Gasteiger partial charge in [0.25, 0.3) is 0 Å². The van der Waals surface area contributed by atoms with Gasteiger partial charge in [0.1, 0.15) is 0 Å². The molecule has 108 valence electrons. The molecule has 0 aromatic heterocycles. The molecule has 0 nitrogen and oxygen atoms in total. The van der Waals surface area contributed by atoms with Crippen LogP contribution in [-0.2, 0) is 6.04 Å². The van der Waals surface area contributed by atoms with Gasteiger partial charge < -0.3 is 0 Å². The van der Waals surface area contributed by atoms with Gasteiger partial charge in [-0.3, -0.25) is 0 Å². The summed E-state index contributed by atoms with van der Waals surface area (Å²) in [6.45, 7) is 4.94. The Labute approximate surface area is 129 Å². The molecule has 1 aliphatic carbocycles. The van der Waals surface area contributed by atoms with Crippen molar-refractivity contribution in [2.75, 3.05) is 0 Å². The van der Waals surface area contributed by atoms with Gasteiger partial charge >= 0.3 is 0 Å². The Kier molecular flexibility index (Phi) is 4.11. The first kappa shape index (κ1) is 14.3. The van der Waals surface area contributed by atoms with E-state index in [9.17, 15) is 0 Å². The first-order chi connectivity index (χ1) is 10.1. The van der Waals surface area contributed by atoms with Gasteiger partial charge in [-0.1, -0.05) is 91.1 Å². The fraction of sp³-hybridized carbons (Fsp3) is 0.300. The fourth-order valence-corrected chi connectivity index (χ4v) is 5.25. The van der Waals surface area contributed by atoms with Crippen LogP contribution >= 0.6 is 0 Å². The Morgan fingerprint density at radius 1 is 0.952 bits per heavy atom. The van der Waals surface area contributed by atoms with Crippen molar-refractivity contribution in [1.82, 2.24) is 0 Å². The molecule has 1 fully saturated rings. The Hall–Kier alpha value is -1.60. The van der Waals surface area contributed by atoms with Crippen LogP contribution in [0.2, 0.25) is 13.1 Å². The van der Waals surface area contributed by atoms with Gasteiger partial charge in [-0.2, -0.15) is 0 Å². The second kappa shape index (κ2) is 6.03. The van der Waals surface area contributed by atoms with E-state index in [2.05, 4.69) is 85.5 Å². The lowest BCUT2D eigenvalue weighted by Crippen LogP contribution is -2.26. The Morgan fingerprint density at radius 3 is 2.24 bits per heavy atom. The Bertz CT molecular complexity index is 598. The molecule has 2 aromatic carbocycles. The molecule has 0 radical (unpaired) electrons. The summed E-state index contributed by atoms with van der Waals surface area (Å²) in [6, 6.07) is 23.1. The molecule has 2 atom stereocenters. The van der Waals surface area contributed by atoms with Crippen molar-refractivity contribution >= 4 is 8.07 Å². The van der Waals surface area contributed by atoms with Crippen LogP contribution in [0.1, 0.15) is 23.5 Å². The van der Waals surface area contributed by atoms with Gasteiger partial charge in [0.15, 0.2) is 0 Å². The van der Waals surface area contributed by atoms with Crippen molar-refractivity contribution in [3.63, 3.8) is 0 Å². The lowest BCUT2D eigenvalue weighted by atomic mass is 10.1. The summed E-state index contributed by atoms with van der Waals surface area (Å²) in [7, 11) is -1.28. The molecular formula is C20H24Si. The molecule has 0 amide bonds.